The second-order valence-electron chi connectivity index (χ2n) is 5.22. The summed E-state index contributed by atoms with van der Waals surface area (Å²) in [5.74, 6) is 0.331. The zero-order chi connectivity index (χ0) is 14.5. The minimum absolute atomic E-state index is 0.0265. The SMILES string of the molecule is O=C(Nc1ncccn1)C1(c2ccccc2)CCNCC1. The van der Waals surface area contributed by atoms with Gasteiger partial charge >= 0.3 is 0 Å². The first kappa shape index (κ1) is 13.7. The Morgan fingerprint density at radius 1 is 1.05 bits per heavy atom. The van der Waals surface area contributed by atoms with E-state index in [2.05, 4.69) is 20.6 Å². The predicted octanol–water partition coefficient (Wildman–Crippen LogP) is 1.74. The van der Waals surface area contributed by atoms with E-state index in [0.717, 1.165) is 31.5 Å². The van der Waals surface area contributed by atoms with Crippen molar-refractivity contribution in [1.82, 2.24) is 15.3 Å². The second kappa shape index (κ2) is 6.01. The zero-order valence-corrected chi connectivity index (χ0v) is 11.7. The number of hydrogen-bond donors (Lipinski definition) is 2. The summed E-state index contributed by atoms with van der Waals surface area (Å²) in [4.78, 5) is 21.0. The van der Waals surface area contributed by atoms with Crippen molar-refractivity contribution in [3.63, 3.8) is 0 Å². The van der Waals surface area contributed by atoms with Crippen molar-refractivity contribution < 1.29 is 4.79 Å². The maximum Gasteiger partial charge on any atom is 0.237 e. The number of carbonyl (C=O) groups is 1. The molecule has 2 aromatic rings. The van der Waals surface area contributed by atoms with Gasteiger partial charge in [-0.1, -0.05) is 30.3 Å². The quantitative estimate of drug-likeness (QED) is 0.900. The molecule has 0 radical (unpaired) electrons. The smallest absolute Gasteiger partial charge is 0.237 e. The van der Waals surface area contributed by atoms with Crippen LogP contribution < -0.4 is 10.6 Å². The van der Waals surface area contributed by atoms with Crippen LogP contribution in [0.5, 0.6) is 0 Å². The van der Waals surface area contributed by atoms with Crippen LogP contribution in [0.1, 0.15) is 18.4 Å². The number of nitrogens with zero attached hydrogens (tertiary/aromatic N) is 2. The number of carbonyl (C=O) groups excluding carboxylic acids is 1. The highest BCUT2D eigenvalue weighted by Crippen LogP contribution is 2.34. The lowest BCUT2D eigenvalue weighted by Crippen LogP contribution is -2.48. The maximum atomic E-state index is 12.9. The van der Waals surface area contributed by atoms with E-state index in [0.29, 0.717) is 5.95 Å². The molecule has 1 aliphatic rings. The Morgan fingerprint density at radius 3 is 2.38 bits per heavy atom. The molecule has 1 aromatic carbocycles. The van der Waals surface area contributed by atoms with Crippen molar-refractivity contribution in [2.75, 3.05) is 18.4 Å². The number of nitrogens with one attached hydrogen (secondary N) is 2. The first-order chi connectivity index (χ1) is 10.3. The number of anilines is 1. The highest BCUT2D eigenvalue weighted by Gasteiger charge is 2.41. The monoisotopic (exact) mass is 282 g/mol. The predicted molar refractivity (Wildman–Crippen MR) is 80.9 cm³/mol. The fraction of sp³-hybridized carbons (Fsp3) is 0.312. The lowest BCUT2D eigenvalue weighted by atomic mass is 9.72. The normalized spacial score (nSPS) is 17.1. The summed E-state index contributed by atoms with van der Waals surface area (Å²) in [6.45, 7) is 1.66. The molecule has 1 fully saturated rings. The first-order valence-electron chi connectivity index (χ1n) is 7.16. The minimum atomic E-state index is -0.508. The van der Waals surface area contributed by atoms with Crippen molar-refractivity contribution in [2.24, 2.45) is 0 Å². The van der Waals surface area contributed by atoms with E-state index in [4.69, 9.17) is 0 Å². The van der Waals surface area contributed by atoms with Gasteiger partial charge < -0.3 is 5.32 Å². The molecule has 0 unspecified atom stereocenters. The van der Waals surface area contributed by atoms with Crippen LogP contribution in [0.15, 0.2) is 48.8 Å². The van der Waals surface area contributed by atoms with E-state index < -0.39 is 5.41 Å². The molecule has 3 rings (SSSR count). The molecule has 2 N–H and O–H groups in total. The number of benzene rings is 1. The van der Waals surface area contributed by atoms with Gasteiger partial charge in [0.1, 0.15) is 0 Å². The minimum Gasteiger partial charge on any atom is -0.317 e. The van der Waals surface area contributed by atoms with E-state index >= 15 is 0 Å². The molecule has 1 aromatic heterocycles. The summed E-state index contributed by atoms with van der Waals surface area (Å²) in [5, 5.41) is 6.18. The maximum absolute atomic E-state index is 12.9. The standard InChI is InChI=1S/C16H18N4O/c21-14(20-15-18-9-4-10-19-15)16(7-11-17-12-8-16)13-5-2-1-3-6-13/h1-6,9-10,17H,7-8,11-12H2,(H,18,19,20,21). The molecule has 0 saturated carbocycles. The Hall–Kier alpha value is -2.27. The van der Waals surface area contributed by atoms with Crippen molar-refractivity contribution in [2.45, 2.75) is 18.3 Å². The number of piperidine rings is 1. The average Bonchev–Trinajstić information content (AvgIpc) is 2.57. The third-order valence-corrected chi connectivity index (χ3v) is 4.01. The molecule has 0 bridgehead atoms. The van der Waals surface area contributed by atoms with Gasteiger partial charge in [0, 0.05) is 12.4 Å². The summed E-state index contributed by atoms with van der Waals surface area (Å²) in [5.41, 5.74) is 0.547. The van der Waals surface area contributed by atoms with Crippen LogP contribution >= 0.6 is 0 Å². The van der Waals surface area contributed by atoms with Crippen LogP contribution in [0.25, 0.3) is 0 Å². The molecule has 5 heteroatoms. The molecular formula is C16H18N4O. The Balaban J connectivity index is 1.90. The van der Waals surface area contributed by atoms with Crippen LogP contribution in [-0.4, -0.2) is 29.0 Å². The van der Waals surface area contributed by atoms with Gasteiger partial charge in [-0.3, -0.25) is 10.1 Å². The summed E-state index contributed by atoms with van der Waals surface area (Å²) in [6, 6.07) is 11.7. The van der Waals surface area contributed by atoms with Crippen molar-refractivity contribution >= 4 is 11.9 Å². The lowest BCUT2D eigenvalue weighted by Gasteiger charge is -2.36. The van der Waals surface area contributed by atoms with E-state index in [1.165, 1.54) is 0 Å². The third kappa shape index (κ3) is 2.78. The van der Waals surface area contributed by atoms with Gasteiger partial charge in [-0.2, -0.15) is 0 Å². The van der Waals surface area contributed by atoms with Crippen LogP contribution in [0.2, 0.25) is 0 Å². The van der Waals surface area contributed by atoms with Crippen molar-refractivity contribution in [3.8, 4) is 0 Å². The van der Waals surface area contributed by atoms with Crippen LogP contribution in [0, 0.1) is 0 Å². The third-order valence-electron chi connectivity index (χ3n) is 4.01. The van der Waals surface area contributed by atoms with E-state index in [1.54, 1.807) is 18.5 Å². The zero-order valence-electron chi connectivity index (χ0n) is 11.7. The number of amides is 1. The molecule has 0 spiro atoms. The van der Waals surface area contributed by atoms with Gasteiger partial charge in [0.2, 0.25) is 11.9 Å². The molecule has 21 heavy (non-hydrogen) atoms. The Morgan fingerprint density at radius 2 is 1.71 bits per heavy atom. The van der Waals surface area contributed by atoms with E-state index in [1.807, 2.05) is 30.3 Å². The average molecular weight is 282 g/mol. The molecule has 1 saturated heterocycles. The molecular weight excluding hydrogens is 264 g/mol. The van der Waals surface area contributed by atoms with Gasteiger partial charge in [0.05, 0.1) is 5.41 Å². The van der Waals surface area contributed by atoms with Gasteiger partial charge in [-0.25, -0.2) is 9.97 Å². The molecule has 1 aliphatic heterocycles. The molecule has 5 nitrogen and oxygen atoms in total. The fourth-order valence-electron chi connectivity index (χ4n) is 2.84. The van der Waals surface area contributed by atoms with Crippen molar-refractivity contribution in [3.05, 3.63) is 54.4 Å². The summed E-state index contributed by atoms with van der Waals surface area (Å²) in [6.07, 6.45) is 4.80. The number of rotatable bonds is 3. The molecule has 2 heterocycles. The number of aromatic nitrogens is 2. The largest absolute Gasteiger partial charge is 0.317 e. The second-order valence-corrected chi connectivity index (χ2v) is 5.22. The van der Waals surface area contributed by atoms with E-state index in [-0.39, 0.29) is 5.91 Å². The van der Waals surface area contributed by atoms with Crippen LogP contribution in [-0.2, 0) is 10.2 Å². The van der Waals surface area contributed by atoms with Gasteiger partial charge in [-0.15, -0.1) is 0 Å². The first-order valence-corrected chi connectivity index (χ1v) is 7.16. The van der Waals surface area contributed by atoms with Crippen LogP contribution in [0.3, 0.4) is 0 Å². The van der Waals surface area contributed by atoms with Crippen molar-refractivity contribution in [1.29, 1.82) is 0 Å². The Bertz CT molecular complexity index is 594. The van der Waals surface area contributed by atoms with Gasteiger partial charge in [-0.05, 0) is 37.6 Å². The molecule has 0 aliphatic carbocycles. The van der Waals surface area contributed by atoms with Gasteiger partial charge in [0.25, 0.3) is 0 Å². The number of hydrogen-bond acceptors (Lipinski definition) is 4. The van der Waals surface area contributed by atoms with Gasteiger partial charge in [0.15, 0.2) is 0 Å². The van der Waals surface area contributed by atoms with E-state index in [9.17, 15) is 4.79 Å². The molecule has 0 atom stereocenters. The fourth-order valence-corrected chi connectivity index (χ4v) is 2.84. The summed E-state index contributed by atoms with van der Waals surface area (Å²) in [7, 11) is 0. The Kier molecular flexibility index (Phi) is 3.92. The van der Waals surface area contributed by atoms with Crippen LogP contribution in [0.4, 0.5) is 5.95 Å². The molecule has 1 amide bonds. The Labute approximate surface area is 123 Å². The summed E-state index contributed by atoms with van der Waals surface area (Å²) >= 11 is 0. The lowest BCUT2D eigenvalue weighted by molar-refractivity contribution is -0.122. The molecule has 108 valence electrons. The highest BCUT2D eigenvalue weighted by molar-refractivity contribution is 5.98. The topological polar surface area (TPSA) is 66.9 Å². The highest BCUT2D eigenvalue weighted by atomic mass is 16.2. The summed E-state index contributed by atoms with van der Waals surface area (Å²) < 4.78 is 0.